The van der Waals surface area contributed by atoms with Gasteiger partial charge in [0.25, 0.3) is 0 Å². The standard InChI is InChI=1S/C12H16N4O2/c1-2-3-14-9-4-10(6-13-5-9)16-7-11(17)15-12(18)8-16/h4-6,14H,2-3,7-8H2,1H3,(H,15,17,18). The van der Waals surface area contributed by atoms with Crippen LogP contribution in [-0.4, -0.2) is 36.4 Å². The average molecular weight is 248 g/mol. The Morgan fingerprint density at radius 2 is 2.06 bits per heavy atom. The Morgan fingerprint density at radius 3 is 2.72 bits per heavy atom. The van der Waals surface area contributed by atoms with E-state index in [9.17, 15) is 9.59 Å². The first kappa shape index (κ1) is 12.3. The molecule has 1 aromatic heterocycles. The highest BCUT2D eigenvalue weighted by molar-refractivity contribution is 6.02. The maximum Gasteiger partial charge on any atom is 0.246 e. The number of aromatic nitrogens is 1. The van der Waals surface area contributed by atoms with E-state index in [0.717, 1.165) is 24.3 Å². The molecule has 2 amide bonds. The van der Waals surface area contributed by atoms with Crippen LogP contribution in [0.4, 0.5) is 11.4 Å². The van der Waals surface area contributed by atoms with Crippen molar-refractivity contribution in [1.82, 2.24) is 10.3 Å². The smallest absolute Gasteiger partial charge is 0.246 e. The van der Waals surface area contributed by atoms with Crippen molar-refractivity contribution in [3.8, 4) is 0 Å². The molecule has 1 aliphatic heterocycles. The van der Waals surface area contributed by atoms with Gasteiger partial charge in [-0.15, -0.1) is 0 Å². The molecule has 2 rings (SSSR count). The van der Waals surface area contributed by atoms with Crippen molar-refractivity contribution in [3.63, 3.8) is 0 Å². The van der Waals surface area contributed by atoms with Gasteiger partial charge < -0.3 is 10.2 Å². The van der Waals surface area contributed by atoms with E-state index < -0.39 is 0 Å². The fourth-order valence-electron chi connectivity index (χ4n) is 1.79. The van der Waals surface area contributed by atoms with Gasteiger partial charge in [0.15, 0.2) is 0 Å². The summed E-state index contributed by atoms with van der Waals surface area (Å²) in [5.41, 5.74) is 1.67. The molecule has 1 saturated heterocycles. The molecule has 6 nitrogen and oxygen atoms in total. The number of amides is 2. The Balaban J connectivity index is 2.12. The number of nitrogens with zero attached hydrogens (tertiary/aromatic N) is 2. The summed E-state index contributed by atoms with van der Waals surface area (Å²) in [6.07, 6.45) is 4.41. The van der Waals surface area contributed by atoms with Crippen LogP contribution in [0.3, 0.4) is 0 Å². The Bertz CT molecular complexity index is 445. The third-order valence-corrected chi connectivity index (χ3v) is 2.62. The molecule has 2 heterocycles. The van der Waals surface area contributed by atoms with Crippen molar-refractivity contribution in [2.75, 3.05) is 29.9 Å². The molecular weight excluding hydrogens is 232 g/mol. The lowest BCUT2D eigenvalue weighted by atomic mass is 10.2. The fraction of sp³-hybridized carbons (Fsp3) is 0.417. The summed E-state index contributed by atoms with van der Waals surface area (Å²) in [4.78, 5) is 28.4. The topological polar surface area (TPSA) is 74.3 Å². The van der Waals surface area contributed by atoms with E-state index in [4.69, 9.17) is 0 Å². The summed E-state index contributed by atoms with van der Waals surface area (Å²) in [6, 6.07) is 1.90. The summed E-state index contributed by atoms with van der Waals surface area (Å²) < 4.78 is 0. The molecule has 1 fully saturated rings. The Labute approximate surface area is 105 Å². The van der Waals surface area contributed by atoms with Gasteiger partial charge in [-0.1, -0.05) is 6.92 Å². The van der Waals surface area contributed by atoms with E-state index in [1.165, 1.54) is 0 Å². The number of hydrogen-bond donors (Lipinski definition) is 2. The lowest BCUT2D eigenvalue weighted by Gasteiger charge is -2.27. The van der Waals surface area contributed by atoms with Crippen LogP contribution in [-0.2, 0) is 9.59 Å². The molecule has 0 unspecified atom stereocenters. The number of carbonyl (C=O) groups is 2. The van der Waals surface area contributed by atoms with Crippen LogP contribution in [0, 0.1) is 0 Å². The number of imide groups is 1. The lowest BCUT2D eigenvalue weighted by molar-refractivity contribution is -0.130. The van der Waals surface area contributed by atoms with Crippen molar-refractivity contribution in [1.29, 1.82) is 0 Å². The maximum atomic E-state index is 11.3. The second kappa shape index (κ2) is 5.48. The first-order valence-electron chi connectivity index (χ1n) is 5.95. The van der Waals surface area contributed by atoms with E-state index in [0.29, 0.717) is 0 Å². The van der Waals surface area contributed by atoms with E-state index in [1.807, 2.05) is 6.07 Å². The van der Waals surface area contributed by atoms with E-state index in [-0.39, 0.29) is 24.9 Å². The Hall–Kier alpha value is -2.11. The van der Waals surface area contributed by atoms with E-state index in [2.05, 4.69) is 22.5 Å². The molecular formula is C12H16N4O2. The first-order valence-corrected chi connectivity index (χ1v) is 5.95. The van der Waals surface area contributed by atoms with Crippen molar-refractivity contribution in [2.45, 2.75) is 13.3 Å². The zero-order chi connectivity index (χ0) is 13.0. The molecule has 1 aliphatic rings. The number of rotatable bonds is 4. The van der Waals surface area contributed by atoms with Crippen molar-refractivity contribution in [3.05, 3.63) is 18.5 Å². The Kier molecular flexibility index (Phi) is 3.76. The second-order valence-corrected chi connectivity index (χ2v) is 4.19. The van der Waals surface area contributed by atoms with Gasteiger partial charge in [-0.3, -0.25) is 19.9 Å². The highest BCUT2D eigenvalue weighted by Gasteiger charge is 2.22. The van der Waals surface area contributed by atoms with Crippen LogP contribution >= 0.6 is 0 Å². The number of anilines is 2. The summed E-state index contributed by atoms with van der Waals surface area (Å²) in [5.74, 6) is -0.559. The summed E-state index contributed by atoms with van der Waals surface area (Å²) in [7, 11) is 0. The Morgan fingerprint density at radius 1 is 1.33 bits per heavy atom. The van der Waals surface area contributed by atoms with Gasteiger partial charge in [0.1, 0.15) is 0 Å². The molecule has 0 radical (unpaired) electrons. The number of nitrogens with one attached hydrogen (secondary N) is 2. The maximum absolute atomic E-state index is 11.3. The van der Waals surface area contributed by atoms with Crippen LogP contribution in [0.1, 0.15) is 13.3 Å². The summed E-state index contributed by atoms with van der Waals surface area (Å²) in [5, 5.41) is 5.49. The average Bonchev–Trinajstić information content (AvgIpc) is 2.35. The molecule has 0 atom stereocenters. The molecule has 18 heavy (non-hydrogen) atoms. The van der Waals surface area contributed by atoms with Gasteiger partial charge in [0.05, 0.1) is 36.9 Å². The zero-order valence-electron chi connectivity index (χ0n) is 10.3. The predicted molar refractivity (Wildman–Crippen MR) is 68.4 cm³/mol. The quantitative estimate of drug-likeness (QED) is 0.753. The molecule has 2 N–H and O–H groups in total. The summed E-state index contributed by atoms with van der Waals surface area (Å²) in [6.45, 7) is 3.32. The second-order valence-electron chi connectivity index (χ2n) is 4.19. The molecule has 6 heteroatoms. The number of pyridine rings is 1. The summed E-state index contributed by atoms with van der Waals surface area (Å²) >= 11 is 0. The van der Waals surface area contributed by atoms with Crippen molar-refractivity contribution < 1.29 is 9.59 Å². The first-order chi connectivity index (χ1) is 8.69. The monoisotopic (exact) mass is 248 g/mol. The van der Waals surface area contributed by atoms with Gasteiger partial charge in [0, 0.05) is 6.54 Å². The minimum atomic E-state index is -0.279. The van der Waals surface area contributed by atoms with Crippen molar-refractivity contribution >= 4 is 23.2 Å². The number of piperazine rings is 1. The van der Waals surface area contributed by atoms with Gasteiger partial charge in [0.2, 0.25) is 11.8 Å². The van der Waals surface area contributed by atoms with Crippen molar-refractivity contribution in [2.24, 2.45) is 0 Å². The van der Waals surface area contributed by atoms with Crippen LogP contribution in [0.25, 0.3) is 0 Å². The minimum Gasteiger partial charge on any atom is -0.384 e. The molecule has 0 aromatic carbocycles. The molecule has 0 spiro atoms. The van der Waals surface area contributed by atoms with Gasteiger partial charge in [-0.2, -0.15) is 0 Å². The fourth-order valence-corrected chi connectivity index (χ4v) is 1.79. The van der Waals surface area contributed by atoms with Gasteiger partial charge in [-0.05, 0) is 12.5 Å². The van der Waals surface area contributed by atoms with E-state index >= 15 is 0 Å². The van der Waals surface area contributed by atoms with Gasteiger partial charge >= 0.3 is 0 Å². The molecule has 0 aliphatic carbocycles. The van der Waals surface area contributed by atoms with Crippen LogP contribution in [0.2, 0.25) is 0 Å². The highest BCUT2D eigenvalue weighted by Crippen LogP contribution is 2.18. The van der Waals surface area contributed by atoms with E-state index in [1.54, 1.807) is 17.3 Å². The minimum absolute atomic E-state index is 0.185. The normalized spacial score (nSPS) is 15.5. The number of carbonyl (C=O) groups excluding carboxylic acids is 2. The van der Waals surface area contributed by atoms with Crippen LogP contribution in [0.15, 0.2) is 18.5 Å². The van der Waals surface area contributed by atoms with Gasteiger partial charge in [-0.25, -0.2) is 0 Å². The van der Waals surface area contributed by atoms with Crippen LogP contribution in [0.5, 0.6) is 0 Å². The third kappa shape index (κ3) is 2.97. The zero-order valence-corrected chi connectivity index (χ0v) is 10.3. The third-order valence-electron chi connectivity index (χ3n) is 2.62. The highest BCUT2D eigenvalue weighted by atomic mass is 16.2. The lowest BCUT2D eigenvalue weighted by Crippen LogP contribution is -2.51. The van der Waals surface area contributed by atoms with Crippen LogP contribution < -0.4 is 15.5 Å². The molecule has 96 valence electrons. The molecule has 1 aromatic rings. The number of hydrogen-bond acceptors (Lipinski definition) is 5. The molecule has 0 bridgehead atoms. The SMILES string of the molecule is CCCNc1cncc(N2CC(=O)NC(=O)C2)c1. The molecule has 0 saturated carbocycles. The largest absolute Gasteiger partial charge is 0.384 e. The predicted octanol–water partition coefficient (Wildman–Crippen LogP) is 0.366.